The maximum atomic E-state index is 8.48. The Morgan fingerprint density at radius 1 is 1.46 bits per heavy atom. The molecular weight excluding hydrogens is 160 g/mol. The molecule has 0 aliphatic heterocycles. The number of rotatable bonds is 7. The van der Waals surface area contributed by atoms with Crippen LogP contribution < -0.4 is 0 Å². The van der Waals surface area contributed by atoms with Crippen LogP contribution in [0.2, 0.25) is 0 Å². The number of hydrogen-bond donors (Lipinski definition) is 0. The highest BCUT2D eigenvalue weighted by Gasteiger charge is 2.07. The zero-order chi connectivity index (χ0) is 10.1. The van der Waals surface area contributed by atoms with Crippen LogP contribution >= 0.6 is 0 Å². The molecule has 0 aromatic rings. The zero-order valence-corrected chi connectivity index (χ0v) is 8.79. The van der Waals surface area contributed by atoms with Crippen molar-refractivity contribution >= 4 is 0 Å². The predicted molar refractivity (Wildman–Crippen MR) is 56.4 cm³/mol. The van der Waals surface area contributed by atoms with Crippen molar-refractivity contribution in [2.75, 3.05) is 13.1 Å². The molecule has 0 radical (unpaired) electrons. The molecule has 0 unspecified atom stereocenters. The number of nitrogens with zero attached hydrogens (tertiary/aromatic N) is 2. The van der Waals surface area contributed by atoms with Crippen molar-refractivity contribution in [1.29, 1.82) is 5.26 Å². The lowest BCUT2D eigenvalue weighted by atomic mass is 10.2. The van der Waals surface area contributed by atoms with E-state index in [1.165, 1.54) is 0 Å². The summed E-state index contributed by atoms with van der Waals surface area (Å²) in [5, 5.41) is 8.48. The summed E-state index contributed by atoms with van der Waals surface area (Å²) in [5.41, 5.74) is 0. The lowest BCUT2D eigenvalue weighted by Crippen LogP contribution is -2.32. The van der Waals surface area contributed by atoms with E-state index in [4.69, 9.17) is 5.26 Å². The first-order valence-corrected chi connectivity index (χ1v) is 4.94. The molecular formula is C11H20N2. The van der Waals surface area contributed by atoms with Gasteiger partial charge in [0.15, 0.2) is 0 Å². The van der Waals surface area contributed by atoms with E-state index in [-0.39, 0.29) is 0 Å². The summed E-state index contributed by atoms with van der Waals surface area (Å²) < 4.78 is 0. The third kappa shape index (κ3) is 6.36. The molecule has 0 heterocycles. The summed E-state index contributed by atoms with van der Waals surface area (Å²) in [7, 11) is 0. The highest BCUT2D eigenvalue weighted by Crippen LogP contribution is 2.02. The zero-order valence-electron chi connectivity index (χ0n) is 8.79. The first-order valence-electron chi connectivity index (χ1n) is 4.94. The summed E-state index contributed by atoms with van der Waals surface area (Å²) in [5.74, 6) is 0. The van der Waals surface area contributed by atoms with Gasteiger partial charge in [-0.2, -0.15) is 5.26 Å². The van der Waals surface area contributed by atoms with Crippen molar-refractivity contribution < 1.29 is 0 Å². The number of unbranched alkanes of at least 4 members (excludes halogenated alkanes) is 1. The van der Waals surface area contributed by atoms with E-state index in [1.54, 1.807) is 0 Å². The maximum Gasteiger partial charge on any atom is 0.0635 e. The topological polar surface area (TPSA) is 27.0 Å². The summed E-state index contributed by atoms with van der Waals surface area (Å²) in [6.07, 6.45) is 4.79. The summed E-state index contributed by atoms with van der Waals surface area (Å²) in [4.78, 5) is 2.34. The molecule has 74 valence electrons. The van der Waals surface area contributed by atoms with Gasteiger partial charge in [-0.3, -0.25) is 4.90 Å². The molecule has 0 bridgehead atoms. The van der Waals surface area contributed by atoms with E-state index >= 15 is 0 Å². The molecule has 0 saturated carbocycles. The summed E-state index contributed by atoms with van der Waals surface area (Å²) >= 11 is 0. The SMILES string of the molecule is C=CCCCN(CCC#N)C(C)C. The molecule has 0 rings (SSSR count). The van der Waals surface area contributed by atoms with Crippen LogP contribution in [0.25, 0.3) is 0 Å². The van der Waals surface area contributed by atoms with Crippen molar-refractivity contribution in [3.8, 4) is 6.07 Å². The fourth-order valence-corrected chi connectivity index (χ4v) is 1.26. The Labute approximate surface area is 81.9 Å². The van der Waals surface area contributed by atoms with Crippen LogP contribution in [0, 0.1) is 11.3 Å². The van der Waals surface area contributed by atoms with Crippen molar-refractivity contribution in [2.45, 2.75) is 39.2 Å². The molecule has 0 aromatic heterocycles. The highest BCUT2D eigenvalue weighted by molar-refractivity contribution is 4.75. The minimum atomic E-state index is 0.540. The Morgan fingerprint density at radius 2 is 2.15 bits per heavy atom. The van der Waals surface area contributed by atoms with Gasteiger partial charge in [-0.05, 0) is 33.2 Å². The van der Waals surface area contributed by atoms with Crippen molar-refractivity contribution in [3.05, 3.63) is 12.7 Å². The van der Waals surface area contributed by atoms with E-state index in [9.17, 15) is 0 Å². The first kappa shape index (κ1) is 12.2. The molecule has 0 saturated heterocycles. The normalized spacial score (nSPS) is 10.4. The number of nitriles is 1. The Morgan fingerprint density at radius 3 is 2.62 bits per heavy atom. The van der Waals surface area contributed by atoms with E-state index in [2.05, 4.69) is 31.4 Å². The van der Waals surface area contributed by atoms with Gasteiger partial charge in [0.25, 0.3) is 0 Å². The average molecular weight is 180 g/mol. The van der Waals surface area contributed by atoms with Crippen LogP contribution in [0.15, 0.2) is 12.7 Å². The molecule has 0 aromatic carbocycles. The first-order chi connectivity index (χ1) is 6.22. The van der Waals surface area contributed by atoms with Crippen molar-refractivity contribution in [3.63, 3.8) is 0 Å². The van der Waals surface area contributed by atoms with Crippen LogP contribution in [-0.2, 0) is 0 Å². The molecule has 0 N–H and O–H groups in total. The van der Waals surface area contributed by atoms with Crippen LogP contribution in [0.4, 0.5) is 0 Å². The smallest absolute Gasteiger partial charge is 0.0635 e. The minimum Gasteiger partial charge on any atom is -0.300 e. The van der Waals surface area contributed by atoms with Gasteiger partial charge in [-0.1, -0.05) is 6.08 Å². The molecule has 0 fully saturated rings. The van der Waals surface area contributed by atoms with Gasteiger partial charge in [0.1, 0.15) is 0 Å². The molecule has 0 spiro atoms. The molecule has 0 atom stereocenters. The van der Waals surface area contributed by atoms with Crippen LogP contribution in [-0.4, -0.2) is 24.0 Å². The van der Waals surface area contributed by atoms with Gasteiger partial charge in [-0.15, -0.1) is 6.58 Å². The minimum absolute atomic E-state index is 0.540. The Kier molecular flexibility index (Phi) is 7.33. The molecule has 2 nitrogen and oxygen atoms in total. The average Bonchev–Trinajstić information content (AvgIpc) is 2.10. The lowest BCUT2D eigenvalue weighted by molar-refractivity contribution is 0.224. The van der Waals surface area contributed by atoms with E-state index in [0.717, 1.165) is 25.9 Å². The third-order valence-corrected chi connectivity index (χ3v) is 2.09. The van der Waals surface area contributed by atoms with Crippen molar-refractivity contribution in [2.24, 2.45) is 0 Å². The summed E-state index contributed by atoms with van der Waals surface area (Å²) in [6, 6.07) is 2.72. The van der Waals surface area contributed by atoms with Crippen LogP contribution in [0.5, 0.6) is 0 Å². The second-order valence-corrected chi connectivity index (χ2v) is 3.47. The standard InChI is InChI=1S/C11H20N2/c1-4-5-6-9-13(11(2)3)10-7-8-12/h4,11H,1,5-7,9-10H2,2-3H3. The summed E-state index contributed by atoms with van der Waals surface area (Å²) in [6.45, 7) is 10.0. The van der Waals surface area contributed by atoms with Crippen molar-refractivity contribution in [1.82, 2.24) is 4.90 Å². The largest absolute Gasteiger partial charge is 0.300 e. The Bertz CT molecular complexity index is 167. The number of allylic oxidation sites excluding steroid dienone is 1. The van der Waals surface area contributed by atoms with E-state index in [1.807, 2.05) is 6.08 Å². The van der Waals surface area contributed by atoms with E-state index in [0.29, 0.717) is 12.5 Å². The van der Waals surface area contributed by atoms with E-state index < -0.39 is 0 Å². The molecule has 0 aliphatic carbocycles. The quantitative estimate of drug-likeness (QED) is 0.445. The van der Waals surface area contributed by atoms with Crippen LogP contribution in [0.1, 0.15) is 33.1 Å². The predicted octanol–water partition coefficient (Wildman–Crippen LogP) is 2.58. The van der Waals surface area contributed by atoms with Crippen LogP contribution in [0.3, 0.4) is 0 Å². The highest BCUT2D eigenvalue weighted by atomic mass is 15.1. The Hall–Kier alpha value is -0.810. The molecule has 0 aliphatic rings. The molecule has 0 amide bonds. The number of hydrogen-bond acceptors (Lipinski definition) is 2. The van der Waals surface area contributed by atoms with Gasteiger partial charge in [0.05, 0.1) is 6.07 Å². The van der Waals surface area contributed by atoms with Gasteiger partial charge in [-0.25, -0.2) is 0 Å². The van der Waals surface area contributed by atoms with Gasteiger partial charge in [0.2, 0.25) is 0 Å². The second-order valence-electron chi connectivity index (χ2n) is 3.47. The second kappa shape index (κ2) is 7.82. The Balaban J connectivity index is 3.68. The molecule has 2 heteroatoms. The fraction of sp³-hybridized carbons (Fsp3) is 0.727. The van der Waals surface area contributed by atoms with Gasteiger partial charge >= 0.3 is 0 Å². The van der Waals surface area contributed by atoms with Gasteiger partial charge in [0, 0.05) is 19.0 Å². The fourth-order valence-electron chi connectivity index (χ4n) is 1.26. The lowest BCUT2D eigenvalue weighted by Gasteiger charge is -2.24. The third-order valence-electron chi connectivity index (χ3n) is 2.09. The monoisotopic (exact) mass is 180 g/mol. The maximum absolute atomic E-state index is 8.48. The van der Waals surface area contributed by atoms with Gasteiger partial charge < -0.3 is 0 Å². The molecule has 13 heavy (non-hydrogen) atoms.